The molecule has 2 nitrogen and oxygen atoms in total. The Balaban J connectivity index is 2.71. The van der Waals surface area contributed by atoms with E-state index in [2.05, 4.69) is 50.4 Å². The Hall–Kier alpha value is -0.790. The Morgan fingerprint density at radius 1 is 1.27 bits per heavy atom. The molecule has 0 aliphatic rings. The molecular formula is C13H24N2. The Kier molecular flexibility index (Phi) is 4.37. The van der Waals surface area contributed by atoms with E-state index in [1.54, 1.807) is 0 Å². The molecule has 1 rings (SSSR count). The first-order valence-corrected chi connectivity index (χ1v) is 6.09. The Morgan fingerprint density at radius 3 is 2.47 bits per heavy atom. The summed E-state index contributed by atoms with van der Waals surface area (Å²) >= 11 is 0. The summed E-state index contributed by atoms with van der Waals surface area (Å²) in [5, 5.41) is 0. The highest BCUT2D eigenvalue weighted by Crippen LogP contribution is 2.23. The summed E-state index contributed by atoms with van der Waals surface area (Å²) in [4.78, 5) is 4.50. The highest BCUT2D eigenvalue weighted by atomic mass is 15.1. The molecule has 1 heterocycles. The molecule has 1 aromatic heterocycles. The number of rotatable bonds is 5. The third-order valence-corrected chi connectivity index (χ3v) is 3.30. The number of hydrogen-bond donors (Lipinski definition) is 0. The average molecular weight is 208 g/mol. The average Bonchev–Trinajstić information content (AvgIpc) is 2.65. The van der Waals surface area contributed by atoms with Crippen LogP contribution in [0.15, 0.2) is 12.5 Å². The molecule has 0 spiro atoms. The summed E-state index contributed by atoms with van der Waals surface area (Å²) < 4.78 is 2.25. The summed E-state index contributed by atoms with van der Waals surface area (Å²) in [5.74, 6) is 1.22. The molecule has 2 heteroatoms. The molecular weight excluding hydrogens is 184 g/mol. The second-order valence-electron chi connectivity index (χ2n) is 4.92. The van der Waals surface area contributed by atoms with E-state index in [9.17, 15) is 0 Å². The molecule has 2 unspecified atom stereocenters. The van der Waals surface area contributed by atoms with Gasteiger partial charge in [-0.2, -0.15) is 0 Å². The van der Waals surface area contributed by atoms with Gasteiger partial charge in [0.1, 0.15) is 0 Å². The van der Waals surface area contributed by atoms with E-state index >= 15 is 0 Å². The smallest absolute Gasteiger partial charge is 0.0952 e. The molecule has 0 N–H and O–H groups in total. The van der Waals surface area contributed by atoms with Crippen molar-refractivity contribution in [1.82, 2.24) is 9.55 Å². The van der Waals surface area contributed by atoms with E-state index in [1.807, 2.05) is 6.33 Å². The van der Waals surface area contributed by atoms with Crippen molar-refractivity contribution in [3.63, 3.8) is 0 Å². The van der Waals surface area contributed by atoms with Crippen molar-refractivity contribution in [3.8, 4) is 0 Å². The molecule has 0 radical (unpaired) electrons. The molecule has 0 aliphatic heterocycles. The van der Waals surface area contributed by atoms with Crippen LogP contribution < -0.4 is 0 Å². The van der Waals surface area contributed by atoms with E-state index in [1.165, 1.54) is 18.5 Å². The Labute approximate surface area is 93.7 Å². The lowest BCUT2D eigenvalue weighted by molar-refractivity contribution is 0.495. The minimum atomic E-state index is 0.556. The van der Waals surface area contributed by atoms with Crippen LogP contribution in [0.2, 0.25) is 0 Å². The molecule has 1 aromatic rings. The van der Waals surface area contributed by atoms with Crippen molar-refractivity contribution in [2.24, 2.45) is 5.92 Å². The van der Waals surface area contributed by atoms with Crippen molar-refractivity contribution >= 4 is 0 Å². The third-order valence-electron chi connectivity index (χ3n) is 3.30. The SMILES string of the molecule is CCCC(C)n1cnc(C(C)C(C)C)c1. The van der Waals surface area contributed by atoms with Gasteiger partial charge >= 0.3 is 0 Å². The number of hydrogen-bond acceptors (Lipinski definition) is 1. The maximum absolute atomic E-state index is 4.50. The van der Waals surface area contributed by atoms with Crippen LogP contribution in [-0.4, -0.2) is 9.55 Å². The van der Waals surface area contributed by atoms with Crippen LogP contribution in [0.25, 0.3) is 0 Å². The van der Waals surface area contributed by atoms with Crippen LogP contribution in [0.4, 0.5) is 0 Å². The fourth-order valence-electron chi connectivity index (χ4n) is 1.74. The first-order valence-electron chi connectivity index (χ1n) is 6.09. The van der Waals surface area contributed by atoms with Gasteiger partial charge in [-0.25, -0.2) is 4.98 Å². The lowest BCUT2D eigenvalue weighted by atomic mass is 9.95. The number of nitrogens with zero attached hydrogens (tertiary/aromatic N) is 2. The summed E-state index contributed by atoms with van der Waals surface area (Å²) in [5.41, 5.74) is 1.23. The molecule has 0 aliphatic carbocycles. The number of imidazole rings is 1. The molecule has 15 heavy (non-hydrogen) atoms. The molecule has 0 saturated heterocycles. The second kappa shape index (κ2) is 5.34. The molecule has 0 saturated carbocycles. The lowest BCUT2D eigenvalue weighted by Gasteiger charge is -2.13. The second-order valence-corrected chi connectivity index (χ2v) is 4.92. The first-order chi connectivity index (χ1) is 7.06. The predicted molar refractivity (Wildman–Crippen MR) is 65.1 cm³/mol. The monoisotopic (exact) mass is 208 g/mol. The topological polar surface area (TPSA) is 17.8 Å². The van der Waals surface area contributed by atoms with Gasteiger partial charge in [0.15, 0.2) is 0 Å². The van der Waals surface area contributed by atoms with Gasteiger partial charge < -0.3 is 4.57 Å². The molecule has 0 fully saturated rings. The molecule has 0 aromatic carbocycles. The zero-order valence-corrected chi connectivity index (χ0v) is 10.7. The van der Waals surface area contributed by atoms with E-state index in [0.717, 1.165) is 0 Å². The van der Waals surface area contributed by atoms with Gasteiger partial charge in [0.25, 0.3) is 0 Å². The van der Waals surface area contributed by atoms with Gasteiger partial charge in [-0.05, 0) is 19.3 Å². The van der Waals surface area contributed by atoms with Gasteiger partial charge in [-0.1, -0.05) is 34.1 Å². The zero-order valence-electron chi connectivity index (χ0n) is 10.7. The lowest BCUT2D eigenvalue weighted by Crippen LogP contribution is -2.04. The zero-order chi connectivity index (χ0) is 11.4. The van der Waals surface area contributed by atoms with Gasteiger partial charge in [0.2, 0.25) is 0 Å². The summed E-state index contributed by atoms with van der Waals surface area (Å²) in [6, 6.07) is 0.579. The summed E-state index contributed by atoms with van der Waals surface area (Å²) in [7, 11) is 0. The van der Waals surface area contributed by atoms with Crippen molar-refractivity contribution in [1.29, 1.82) is 0 Å². The van der Waals surface area contributed by atoms with E-state index in [-0.39, 0.29) is 0 Å². The largest absolute Gasteiger partial charge is 0.334 e. The molecule has 86 valence electrons. The van der Waals surface area contributed by atoms with Gasteiger partial charge in [0.05, 0.1) is 12.0 Å². The van der Waals surface area contributed by atoms with Crippen molar-refractivity contribution < 1.29 is 0 Å². The minimum absolute atomic E-state index is 0.556. The predicted octanol–water partition coefficient (Wildman–Crippen LogP) is 4.00. The Morgan fingerprint density at radius 2 is 1.93 bits per heavy atom. The molecule has 0 amide bonds. The maximum atomic E-state index is 4.50. The Bertz CT molecular complexity index is 288. The van der Waals surface area contributed by atoms with Crippen molar-refractivity contribution in [2.75, 3.05) is 0 Å². The van der Waals surface area contributed by atoms with E-state index < -0.39 is 0 Å². The maximum Gasteiger partial charge on any atom is 0.0952 e. The quantitative estimate of drug-likeness (QED) is 0.715. The van der Waals surface area contributed by atoms with Gasteiger partial charge in [-0.15, -0.1) is 0 Å². The van der Waals surface area contributed by atoms with E-state index in [0.29, 0.717) is 17.9 Å². The van der Waals surface area contributed by atoms with Crippen LogP contribution in [0.3, 0.4) is 0 Å². The van der Waals surface area contributed by atoms with Crippen LogP contribution in [0.1, 0.15) is 65.1 Å². The van der Waals surface area contributed by atoms with E-state index in [4.69, 9.17) is 0 Å². The fraction of sp³-hybridized carbons (Fsp3) is 0.769. The van der Waals surface area contributed by atoms with Gasteiger partial charge in [-0.3, -0.25) is 0 Å². The molecule has 0 bridgehead atoms. The molecule has 2 atom stereocenters. The van der Waals surface area contributed by atoms with Crippen LogP contribution in [0.5, 0.6) is 0 Å². The standard InChI is InChI=1S/C13H24N2/c1-6-7-11(4)15-8-13(14-9-15)12(5)10(2)3/h8-12H,6-7H2,1-5H3. The summed E-state index contributed by atoms with van der Waals surface area (Å²) in [6.45, 7) is 11.2. The third kappa shape index (κ3) is 3.08. The van der Waals surface area contributed by atoms with Crippen LogP contribution in [-0.2, 0) is 0 Å². The van der Waals surface area contributed by atoms with Gasteiger partial charge in [0, 0.05) is 18.2 Å². The highest BCUT2D eigenvalue weighted by molar-refractivity contribution is 5.05. The van der Waals surface area contributed by atoms with Crippen LogP contribution >= 0.6 is 0 Å². The van der Waals surface area contributed by atoms with Crippen LogP contribution in [0, 0.1) is 5.92 Å². The fourth-order valence-corrected chi connectivity index (χ4v) is 1.74. The van der Waals surface area contributed by atoms with Crippen molar-refractivity contribution in [2.45, 2.75) is 59.4 Å². The normalized spacial score (nSPS) is 15.6. The minimum Gasteiger partial charge on any atom is -0.334 e. The summed E-state index contributed by atoms with van der Waals surface area (Å²) in [6.07, 6.45) is 6.65. The van der Waals surface area contributed by atoms with Crippen molar-refractivity contribution in [3.05, 3.63) is 18.2 Å². The first kappa shape index (κ1) is 12.3. The highest BCUT2D eigenvalue weighted by Gasteiger charge is 2.13. The number of aromatic nitrogens is 2.